The highest BCUT2D eigenvalue weighted by molar-refractivity contribution is 6.31. The molecule has 0 atom stereocenters. The Balaban J connectivity index is 1.41. The van der Waals surface area contributed by atoms with Crippen molar-refractivity contribution in [3.8, 4) is 23.0 Å². The molecule has 1 aromatic carbocycles. The molecule has 1 fully saturated rings. The van der Waals surface area contributed by atoms with E-state index in [0.717, 1.165) is 15.8 Å². The highest BCUT2D eigenvalue weighted by Gasteiger charge is 2.44. The third-order valence-electron chi connectivity index (χ3n) is 7.71. The van der Waals surface area contributed by atoms with E-state index >= 15 is 0 Å². The Bertz CT molecular complexity index is 1630. The summed E-state index contributed by atoms with van der Waals surface area (Å²) in [5.41, 5.74) is 2.30. The molecule has 1 aliphatic heterocycles. The van der Waals surface area contributed by atoms with Gasteiger partial charge in [0.15, 0.2) is 0 Å². The molecule has 0 N–H and O–H groups in total. The number of hydrogen-bond acceptors (Lipinski definition) is 6. The molecule has 0 spiro atoms. The van der Waals surface area contributed by atoms with Crippen LogP contribution < -0.4 is 4.57 Å². The third-order valence-corrected chi connectivity index (χ3v) is 8.08. The highest BCUT2D eigenvalue weighted by atomic mass is 35.5. The molecule has 0 bridgehead atoms. The summed E-state index contributed by atoms with van der Waals surface area (Å²) in [7, 11) is 1.34. The molecule has 12 heteroatoms. The maximum atomic E-state index is 13.9. The van der Waals surface area contributed by atoms with Crippen LogP contribution in [-0.2, 0) is 30.9 Å². The van der Waals surface area contributed by atoms with Gasteiger partial charge in [-0.15, -0.1) is 10.2 Å². The zero-order valence-corrected chi connectivity index (χ0v) is 24.6. The molecule has 0 unspecified atom stereocenters. The standard InChI is InChI=1S/C30H31ClF3N6O2/c1-5-19-10-11-23(39(4)27(19)30(32,33)34)28-37-38-29(42-28)25-17(2)35-18(3)36-26(25)20-12-14-40(15-13-20)24(41)16-21-8-6-7-9-22(21)31/h6-11,20H,5,12-16H2,1-4H3/q+1. The first-order valence-electron chi connectivity index (χ1n) is 13.8. The Hall–Kier alpha value is -3.86. The quantitative estimate of drug-likeness (QED) is 0.260. The average molecular weight is 600 g/mol. The Kier molecular flexibility index (Phi) is 8.32. The summed E-state index contributed by atoms with van der Waals surface area (Å²) in [6.07, 6.45) is -2.75. The molecule has 0 aliphatic carbocycles. The molecule has 1 amide bonds. The largest absolute Gasteiger partial charge is 0.477 e. The second-order valence-corrected chi connectivity index (χ2v) is 10.9. The summed E-state index contributed by atoms with van der Waals surface area (Å²) in [4.78, 5) is 24.1. The molecule has 0 saturated carbocycles. The van der Waals surface area contributed by atoms with Gasteiger partial charge in [0.1, 0.15) is 12.9 Å². The highest BCUT2D eigenvalue weighted by Crippen LogP contribution is 2.37. The molecule has 8 nitrogen and oxygen atoms in total. The molecule has 3 aromatic heterocycles. The van der Waals surface area contributed by atoms with E-state index in [4.69, 9.17) is 21.0 Å². The van der Waals surface area contributed by atoms with E-state index in [1.165, 1.54) is 13.1 Å². The second-order valence-electron chi connectivity index (χ2n) is 10.5. The van der Waals surface area contributed by atoms with Crippen molar-refractivity contribution >= 4 is 17.5 Å². The van der Waals surface area contributed by atoms with Gasteiger partial charge in [0.05, 0.1) is 23.4 Å². The Morgan fingerprint density at radius 2 is 1.74 bits per heavy atom. The fraction of sp³-hybridized carbons (Fsp3) is 0.400. The number of carbonyl (C=O) groups excluding carboxylic acids is 1. The number of aromatic nitrogens is 5. The van der Waals surface area contributed by atoms with Crippen LogP contribution in [0.4, 0.5) is 13.2 Å². The Morgan fingerprint density at radius 3 is 2.40 bits per heavy atom. The lowest BCUT2D eigenvalue weighted by molar-refractivity contribution is -0.681. The van der Waals surface area contributed by atoms with Crippen LogP contribution in [0, 0.1) is 13.8 Å². The Labute approximate surface area is 246 Å². The molecule has 42 heavy (non-hydrogen) atoms. The van der Waals surface area contributed by atoms with Crippen LogP contribution in [0.25, 0.3) is 23.0 Å². The third kappa shape index (κ3) is 5.88. The lowest BCUT2D eigenvalue weighted by atomic mass is 9.89. The van der Waals surface area contributed by atoms with Crippen molar-refractivity contribution in [3.05, 3.63) is 75.5 Å². The van der Waals surface area contributed by atoms with Gasteiger partial charge in [-0.2, -0.15) is 17.7 Å². The number of rotatable bonds is 6. The first-order chi connectivity index (χ1) is 20.0. The van der Waals surface area contributed by atoms with Crippen molar-refractivity contribution in [1.29, 1.82) is 0 Å². The van der Waals surface area contributed by atoms with Crippen molar-refractivity contribution < 1.29 is 27.0 Å². The number of carbonyl (C=O) groups is 1. The van der Waals surface area contributed by atoms with Crippen LogP contribution in [0.3, 0.4) is 0 Å². The second kappa shape index (κ2) is 11.8. The predicted octanol–water partition coefficient (Wildman–Crippen LogP) is 5.82. The monoisotopic (exact) mass is 599 g/mol. The van der Waals surface area contributed by atoms with E-state index in [1.807, 2.05) is 30.0 Å². The molecule has 220 valence electrons. The lowest BCUT2D eigenvalue weighted by Gasteiger charge is -2.32. The smallest absolute Gasteiger partial charge is 0.411 e. The van der Waals surface area contributed by atoms with Gasteiger partial charge < -0.3 is 9.32 Å². The van der Waals surface area contributed by atoms with Crippen molar-refractivity contribution in [1.82, 2.24) is 25.1 Å². The number of pyridine rings is 1. The van der Waals surface area contributed by atoms with Gasteiger partial charge in [-0.1, -0.05) is 36.7 Å². The van der Waals surface area contributed by atoms with Crippen molar-refractivity contribution in [3.63, 3.8) is 0 Å². The topological polar surface area (TPSA) is 88.9 Å². The van der Waals surface area contributed by atoms with Gasteiger partial charge in [0, 0.05) is 35.7 Å². The molecular weight excluding hydrogens is 569 g/mol. The first kappa shape index (κ1) is 29.6. The maximum absolute atomic E-state index is 13.9. The normalized spacial score (nSPS) is 14.4. The molecule has 4 heterocycles. The molecule has 0 radical (unpaired) electrons. The van der Waals surface area contributed by atoms with Crippen molar-refractivity contribution in [2.75, 3.05) is 13.1 Å². The summed E-state index contributed by atoms with van der Waals surface area (Å²) in [5.74, 6) is 0.699. The van der Waals surface area contributed by atoms with E-state index in [1.54, 1.807) is 26.0 Å². The van der Waals surface area contributed by atoms with Gasteiger partial charge in [-0.05, 0) is 50.8 Å². The minimum Gasteiger partial charge on any atom is -0.411 e. The van der Waals surface area contributed by atoms with Crippen LogP contribution in [0.5, 0.6) is 0 Å². The van der Waals surface area contributed by atoms with Gasteiger partial charge >= 0.3 is 12.1 Å². The summed E-state index contributed by atoms with van der Waals surface area (Å²) < 4.78 is 48.7. The molecule has 1 aliphatic rings. The van der Waals surface area contributed by atoms with Gasteiger partial charge in [0.2, 0.25) is 5.91 Å². The summed E-state index contributed by atoms with van der Waals surface area (Å²) in [6, 6.07) is 10.3. The molecule has 5 rings (SSSR count). The number of piperidine rings is 1. The van der Waals surface area contributed by atoms with Crippen LogP contribution in [0.1, 0.15) is 59.7 Å². The minimum atomic E-state index is -4.54. The first-order valence-corrected chi connectivity index (χ1v) is 14.1. The SMILES string of the molecule is CCc1ccc(-c2nnc(-c3c(C)nc(C)nc3C3CCN(C(=O)Cc4ccccc4Cl)CC3)o2)[n+](C)c1C(F)(F)F. The minimum absolute atomic E-state index is 0.00288. The van der Waals surface area contributed by atoms with Crippen LogP contribution in [0.15, 0.2) is 40.8 Å². The fourth-order valence-electron chi connectivity index (χ4n) is 5.62. The zero-order chi connectivity index (χ0) is 30.2. The number of aryl methyl sites for hydroxylation is 3. The summed E-state index contributed by atoms with van der Waals surface area (Å²) in [6.45, 7) is 6.39. The predicted molar refractivity (Wildman–Crippen MR) is 150 cm³/mol. The van der Waals surface area contributed by atoms with Crippen LogP contribution in [0.2, 0.25) is 5.02 Å². The number of nitrogens with zero attached hydrogens (tertiary/aromatic N) is 6. The van der Waals surface area contributed by atoms with E-state index < -0.39 is 11.9 Å². The van der Waals surface area contributed by atoms with E-state index in [9.17, 15) is 18.0 Å². The van der Waals surface area contributed by atoms with E-state index in [-0.39, 0.29) is 47.7 Å². The van der Waals surface area contributed by atoms with Crippen LogP contribution in [-0.4, -0.2) is 44.1 Å². The number of amides is 1. The number of hydrogen-bond donors (Lipinski definition) is 0. The lowest BCUT2D eigenvalue weighted by Crippen LogP contribution is -2.41. The van der Waals surface area contributed by atoms with Crippen molar-refractivity contribution in [2.45, 2.75) is 58.5 Å². The van der Waals surface area contributed by atoms with Crippen LogP contribution >= 0.6 is 11.6 Å². The molecule has 1 saturated heterocycles. The van der Waals surface area contributed by atoms with E-state index in [0.29, 0.717) is 48.0 Å². The number of halogens is 4. The molecule has 4 aromatic rings. The van der Waals surface area contributed by atoms with E-state index in [2.05, 4.69) is 15.2 Å². The zero-order valence-electron chi connectivity index (χ0n) is 23.8. The summed E-state index contributed by atoms with van der Waals surface area (Å²) >= 11 is 6.25. The van der Waals surface area contributed by atoms with Crippen molar-refractivity contribution in [2.24, 2.45) is 7.05 Å². The molecular formula is C30H31ClF3N6O2+. The van der Waals surface area contributed by atoms with Gasteiger partial charge in [-0.3, -0.25) is 4.79 Å². The van der Waals surface area contributed by atoms with Gasteiger partial charge in [-0.25, -0.2) is 9.97 Å². The van der Waals surface area contributed by atoms with Gasteiger partial charge in [0.25, 0.3) is 17.3 Å². The Morgan fingerprint density at radius 1 is 1.05 bits per heavy atom. The average Bonchev–Trinajstić information content (AvgIpc) is 3.42. The summed E-state index contributed by atoms with van der Waals surface area (Å²) in [5, 5.41) is 8.89. The number of likely N-dealkylation sites (tertiary alicyclic amines) is 1. The maximum Gasteiger partial charge on any atom is 0.477 e. The fourth-order valence-corrected chi connectivity index (χ4v) is 5.83. The number of benzene rings is 1. The number of alkyl halides is 3.